The van der Waals surface area contributed by atoms with Crippen LogP contribution in [-0.2, 0) is 17.4 Å². The van der Waals surface area contributed by atoms with Crippen LogP contribution in [0.25, 0.3) is 45.2 Å². The summed E-state index contributed by atoms with van der Waals surface area (Å²) in [6.45, 7) is 16.5. The first-order chi connectivity index (χ1) is 21.4. The summed E-state index contributed by atoms with van der Waals surface area (Å²) in [7, 11) is 0. The fraction of sp³-hybridized carbons (Fsp3) is 0.256. The molecule has 5 aromatic carbocycles. The van der Waals surface area contributed by atoms with Crippen molar-refractivity contribution in [2.24, 2.45) is 5.92 Å². The number of fused-ring (bicyclic) bond motifs is 3. The van der Waals surface area contributed by atoms with Crippen molar-refractivity contribution in [2.45, 2.75) is 58.1 Å². The number of hydrogen-bond donors (Lipinski definition) is 0. The van der Waals surface area contributed by atoms with Gasteiger partial charge in [-0.2, -0.15) is 0 Å². The summed E-state index contributed by atoms with van der Waals surface area (Å²) >= 11 is -3.72. The SMILES string of the molecule is CC1=Cc2c(-c3ccc(C)c(C)c3)ccc(C)c2[CH]1[Zr]([CH3])([CH3])(=[SiH2])[CH]1C(C(C)C)=Cc2c(-c3cccc4ccccc34)cccc21.Cl.Cl. The van der Waals surface area contributed by atoms with E-state index in [1.54, 1.807) is 22.3 Å². The van der Waals surface area contributed by atoms with Crippen LogP contribution in [-0.4, -0.2) is 6.88 Å². The van der Waals surface area contributed by atoms with Crippen molar-refractivity contribution in [2.75, 3.05) is 0 Å². The molecular formula is C43H48Cl2SiZr. The first-order valence-electron chi connectivity index (χ1n) is 16.6. The Morgan fingerprint density at radius 2 is 1.28 bits per heavy atom. The number of benzene rings is 5. The van der Waals surface area contributed by atoms with Gasteiger partial charge in [0.2, 0.25) is 0 Å². The van der Waals surface area contributed by atoms with Gasteiger partial charge < -0.3 is 0 Å². The monoisotopic (exact) mass is 752 g/mol. The Morgan fingerprint density at radius 1 is 0.617 bits per heavy atom. The maximum Gasteiger partial charge on any atom is -0.147 e. The van der Waals surface area contributed by atoms with E-state index in [2.05, 4.69) is 161 Å². The Labute approximate surface area is 297 Å². The molecule has 242 valence electrons. The molecular weight excluding hydrogens is 707 g/mol. The second kappa shape index (κ2) is 12.8. The van der Waals surface area contributed by atoms with Gasteiger partial charge in [0, 0.05) is 0 Å². The molecule has 2 aliphatic carbocycles. The van der Waals surface area contributed by atoms with Crippen molar-refractivity contribution in [3.8, 4) is 22.3 Å². The van der Waals surface area contributed by atoms with Gasteiger partial charge in [0.05, 0.1) is 0 Å². The molecule has 0 nitrogen and oxygen atoms in total. The minimum absolute atomic E-state index is 0. The molecule has 47 heavy (non-hydrogen) atoms. The summed E-state index contributed by atoms with van der Waals surface area (Å²) in [5.41, 5.74) is 18.9. The number of halogens is 2. The van der Waals surface area contributed by atoms with E-state index in [0.29, 0.717) is 13.2 Å². The molecule has 0 aromatic heterocycles. The van der Waals surface area contributed by atoms with Crippen LogP contribution in [0.15, 0.2) is 102 Å². The molecule has 0 fully saturated rings. The molecule has 4 heteroatoms. The third-order valence-electron chi connectivity index (χ3n) is 11.2. The van der Waals surface area contributed by atoms with Gasteiger partial charge in [-0.3, -0.25) is 0 Å². The van der Waals surface area contributed by atoms with Crippen LogP contribution in [0, 0.1) is 26.7 Å². The number of aryl methyl sites for hydroxylation is 3. The van der Waals surface area contributed by atoms with E-state index in [1.807, 2.05) is 0 Å². The van der Waals surface area contributed by atoms with Crippen LogP contribution in [0.3, 0.4) is 0 Å². The standard InChI is InChI=1S/C22H19.C19H19.2CH3.2ClH.H2Si.Zr/c1-15(2)18-13-17-9-6-12-21(22(17)14-18)20-11-5-8-16-7-3-4-10-19(16)20;1-12-9-18-14(3)6-8-17(19(18)10-12)16-7-5-13(2)15(4)11-16;;;;;;/h3-15H,1-2H3;5-11H,1-4H3;2*1H3;2*1H;1H2;. The molecule has 0 aliphatic heterocycles. The van der Waals surface area contributed by atoms with Crippen LogP contribution in [0.5, 0.6) is 0 Å². The fourth-order valence-corrected chi connectivity index (χ4v) is 29.7. The van der Waals surface area contributed by atoms with Gasteiger partial charge in [-0.1, -0.05) is 0 Å². The third-order valence-corrected chi connectivity index (χ3v) is 28.7. The van der Waals surface area contributed by atoms with Gasteiger partial charge in [0.25, 0.3) is 0 Å². The first kappa shape index (κ1) is 35.8. The Hall–Kier alpha value is -2.48. The molecule has 2 unspecified atom stereocenters. The molecule has 0 saturated heterocycles. The summed E-state index contributed by atoms with van der Waals surface area (Å²) in [5, 5.41) is 2.65. The van der Waals surface area contributed by atoms with E-state index in [4.69, 9.17) is 0 Å². The van der Waals surface area contributed by atoms with E-state index >= 15 is 0 Å². The largest absolute Gasteiger partial charge is 0.147 e. The van der Waals surface area contributed by atoms with E-state index in [1.165, 1.54) is 60.8 Å². The smallest absolute Gasteiger partial charge is 0.147 e. The molecule has 0 N–H and O–H groups in total. The maximum absolute atomic E-state index is 3.72. The van der Waals surface area contributed by atoms with Gasteiger partial charge in [0.15, 0.2) is 0 Å². The van der Waals surface area contributed by atoms with E-state index < -0.39 is 17.4 Å². The van der Waals surface area contributed by atoms with Crippen LogP contribution in [0.1, 0.15) is 67.0 Å². The summed E-state index contributed by atoms with van der Waals surface area (Å²) in [6.07, 6.45) is 5.18. The van der Waals surface area contributed by atoms with Crippen molar-refractivity contribution in [1.82, 2.24) is 0 Å². The Kier molecular flexibility index (Phi) is 9.73. The second-order valence-electron chi connectivity index (χ2n) is 15.4. The number of rotatable bonds is 5. The zero-order valence-electron chi connectivity index (χ0n) is 29.1. The zero-order valence-corrected chi connectivity index (χ0v) is 34.6. The molecule has 2 atom stereocenters. The van der Waals surface area contributed by atoms with E-state index in [9.17, 15) is 0 Å². The van der Waals surface area contributed by atoms with Crippen LogP contribution in [0.2, 0.25) is 9.26 Å². The van der Waals surface area contributed by atoms with Crippen molar-refractivity contribution in [3.05, 3.63) is 141 Å². The van der Waals surface area contributed by atoms with Gasteiger partial charge in [-0.15, -0.1) is 24.8 Å². The van der Waals surface area contributed by atoms with Crippen molar-refractivity contribution in [1.29, 1.82) is 0 Å². The fourth-order valence-electron chi connectivity index (χ4n) is 9.05. The Morgan fingerprint density at radius 3 is 2.00 bits per heavy atom. The molecule has 2 aliphatic rings. The Balaban J connectivity index is 0.00000217. The average Bonchev–Trinajstić information content (AvgIpc) is 3.59. The summed E-state index contributed by atoms with van der Waals surface area (Å²) < 4.78 is 6.56. The summed E-state index contributed by atoms with van der Waals surface area (Å²) in [5.74, 6) is 0.494. The average molecular weight is 755 g/mol. The summed E-state index contributed by atoms with van der Waals surface area (Å²) in [4.78, 5) is 0. The third kappa shape index (κ3) is 5.72. The van der Waals surface area contributed by atoms with Gasteiger partial charge in [-0.25, -0.2) is 0 Å². The molecule has 7 rings (SSSR count). The molecule has 0 amide bonds. The van der Waals surface area contributed by atoms with Crippen LogP contribution < -0.4 is 0 Å². The molecule has 0 heterocycles. The second-order valence-corrected chi connectivity index (χ2v) is 45.9. The van der Waals surface area contributed by atoms with Crippen LogP contribution in [0.4, 0.5) is 0 Å². The minimum atomic E-state index is -3.72. The van der Waals surface area contributed by atoms with E-state index in [0.717, 1.165) is 0 Å². The van der Waals surface area contributed by atoms with Crippen LogP contribution >= 0.6 is 24.8 Å². The summed E-state index contributed by atoms with van der Waals surface area (Å²) in [6, 6.07) is 34.6. The maximum atomic E-state index is 2.78. The molecule has 0 saturated carbocycles. The topological polar surface area (TPSA) is 0 Å². The van der Waals surface area contributed by atoms with Gasteiger partial charge in [0.1, 0.15) is 0 Å². The zero-order chi connectivity index (χ0) is 31.9. The van der Waals surface area contributed by atoms with Crippen molar-refractivity contribution in [3.63, 3.8) is 0 Å². The molecule has 0 radical (unpaired) electrons. The molecule has 0 bridgehead atoms. The number of allylic oxidation sites excluding steroid dienone is 2. The van der Waals surface area contributed by atoms with E-state index in [-0.39, 0.29) is 24.8 Å². The quantitative estimate of drug-likeness (QED) is 0.157. The van der Waals surface area contributed by atoms with Crippen molar-refractivity contribution < 1.29 is 17.4 Å². The first-order valence-corrected chi connectivity index (χ1v) is 30.3. The van der Waals surface area contributed by atoms with Crippen molar-refractivity contribution >= 4 is 54.6 Å². The van der Waals surface area contributed by atoms with Gasteiger partial charge in [-0.05, 0) is 0 Å². The molecule has 5 aromatic rings. The minimum Gasteiger partial charge on any atom is -0.147 e. The normalized spacial score (nSPS) is 17.1. The Bertz CT molecular complexity index is 2170. The number of hydrogen-bond acceptors (Lipinski definition) is 0. The van der Waals surface area contributed by atoms with Gasteiger partial charge >= 0.3 is 275 Å². The predicted molar refractivity (Wildman–Crippen MR) is 212 cm³/mol. The molecule has 0 spiro atoms. The predicted octanol–water partition coefficient (Wildman–Crippen LogP) is 12.5.